The summed E-state index contributed by atoms with van der Waals surface area (Å²) in [6.45, 7) is 2.42. The van der Waals surface area contributed by atoms with E-state index >= 15 is 0 Å². The number of carbonyl (C=O) groups is 2. The van der Waals surface area contributed by atoms with Gasteiger partial charge in [0.1, 0.15) is 6.04 Å². The van der Waals surface area contributed by atoms with Crippen LogP contribution in [-0.2, 0) is 19.6 Å². The van der Waals surface area contributed by atoms with Crippen LogP contribution in [0.1, 0.15) is 23.7 Å². The maximum Gasteiger partial charge on any atom is 0.253 e. The number of benzene rings is 2. The second-order valence-corrected chi connectivity index (χ2v) is 8.46. The lowest BCUT2D eigenvalue weighted by molar-refractivity contribution is -0.117. The molecule has 0 aliphatic carbocycles. The van der Waals surface area contributed by atoms with Gasteiger partial charge in [0.25, 0.3) is 5.91 Å². The minimum Gasteiger partial charge on any atom is -0.383 e. The summed E-state index contributed by atoms with van der Waals surface area (Å²) in [5.74, 6) is -0.886. The van der Waals surface area contributed by atoms with Gasteiger partial charge < -0.3 is 15.4 Å². The lowest BCUT2D eigenvalue weighted by Gasteiger charge is -2.30. The predicted molar refractivity (Wildman–Crippen MR) is 117 cm³/mol. The third-order valence-electron chi connectivity index (χ3n) is 4.36. The number of anilines is 2. The number of carbonyl (C=O) groups excluding carboxylic acids is 2. The lowest BCUT2D eigenvalue weighted by Crippen LogP contribution is -2.47. The molecule has 0 heterocycles. The highest BCUT2D eigenvalue weighted by molar-refractivity contribution is 7.92. The molecule has 0 radical (unpaired) electrons. The quantitative estimate of drug-likeness (QED) is 0.559. The molecule has 0 bridgehead atoms. The lowest BCUT2D eigenvalue weighted by atomic mass is 10.1. The second-order valence-electron chi connectivity index (χ2n) is 6.60. The first kappa shape index (κ1) is 23.4. The van der Waals surface area contributed by atoms with E-state index in [1.54, 1.807) is 61.5 Å². The van der Waals surface area contributed by atoms with Crippen molar-refractivity contribution in [2.75, 3.05) is 36.1 Å². The van der Waals surface area contributed by atoms with Crippen molar-refractivity contribution in [1.29, 1.82) is 0 Å². The fourth-order valence-electron chi connectivity index (χ4n) is 3.00. The molecule has 0 saturated heterocycles. The van der Waals surface area contributed by atoms with Gasteiger partial charge in [0, 0.05) is 13.7 Å². The SMILES string of the molecule is CCC(C(=O)Nc1ccccc1C(=O)NCCOC)N(c1ccccc1)S(C)(=O)=O. The third kappa shape index (κ3) is 6.04. The third-order valence-corrected chi connectivity index (χ3v) is 5.54. The number of methoxy groups -OCH3 is 1. The summed E-state index contributed by atoms with van der Waals surface area (Å²) < 4.78 is 31.0. The van der Waals surface area contributed by atoms with Crippen LogP contribution in [0.4, 0.5) is 11.4 Å². The molecule has 2 amide bonds. The van der Waals surface area contributed by atoms with Gasteiger partial charge in [-0.1, -0.05) is 37.3 Å². The Morgan fingerprint density at radius 2 is 1.70 bits per heavy atom. The zero-order valence-electron chi connectivity index (χ0n) is 17.3. The van der Waals surface area contributed by atoms with Crippen molar-refractivity contribution < 1.29 is 22.7 Å². The number of para-hydroxylation sites is 2. The van der Waals surface area contributed by atoms with Crippen LogP contribution < -0.4 is 14.9 Å². The molecule has 0 saturated carbocycles. The van der Waals surface area contributed by atoms with E-state index < -0.39 is 22.0 Å². The number of sulfonamides is 1. The van der Waals surface area contributed by atoms with Gasteiger partial charge in [-0.2, -0.15) is 0 Å². The fourth-order valence-corrected chi connectivity index (χ4v) is 4.21. The Morgan fingerprint density at radius 1 is 1.07 bits per heavy atom. The van der Waals surface area contributed by atoms with Crippen LogP contribution in [0.15, 0.2) is 54.6 Å². The summed E-state index contributed by atoms with van der Waals surface area (Å²) in [4.78, 5) is 25.5. The number of rotatable bonds is 10. The van der Waals surface area contributed by atoms with Gasteiger partial charge in [-0.05, 0) is 30.7 Å². The number of amides is 2. The summed E-state index contributed by atoms with van der Waals surface area (Å²) in [5.41, 5.74) is 0.979. The van der Waals surface area contributed by atoms with Crippen molar-refractivity contribution in [3.05, 3.63) is 60.2 Å². The molecule has 0 aliphatic rings. The molecule has 2 rings (SSSR count). The van der Waals surface area contributed by atoms with E-state index in [4.69, 9.17) is 4.74 Å². The first-order valence-electron chi connectivity index (χ1n) is 9.51. The zero-order valence-corrected chi connectivity index (χ0v) is 18.1. The molecule has 1 atom stereocenters. The average molecular weight is 434 g/mol. The smallest absolute Gasteiger partial charge is 0.253 e. The Hall–Kier alpha value is -2.91. The first-order valence-corrected chi connectivity index (χ1v) is 11.4. The predicted octanol–water partition coefficient (Wildman–Crippen LogP) is 2.25. The summed E-state index contributed by atoms with van der Waals surface area (Å²) in [6.07, 6.45) is 1.31. The fraction of sp³-hybridized carbons (Fsp3) is 0.333. The summed E-state index contributed by atoms with van der Waals surface area (Å²) in [7, 11) is -2.20. The summed E-state index contributed by atoms with van der Waals surface area (Å²) in [6, 6.07) is 14.0. The van der Waals surface area contributed by atoms with E-state index in [9.17, 15) is 18.0 Å². The molecule has 0 fully saturated rings. The number of nitrogens with one attached hydrogen (secondary N) is 2. The van der Waals surface area contributed by atoms with E-state index in [0.717, 1.165) is 10.6 Å². The molecule has 8 nitrogen and oxygen atoms in total. The average Bonchev–Trinajstić information content (AvgIpc) is 2.72. The molecular weight excluding hydrogens is 406 g/mol. The van der Waals surface area contributed by atoms with Crippen molar-refractivity contribution in [2.24, 2.45) is 0 Å². The minimum absolute atomic E-state index is 0.246. The number of hydrogen-bond acceptors (Lipinski definition) is 5. The Balaban J connectivity index is 2.30. The Kier molecular flexibility index (Phi) is 8.37. The van der Waals surface area contributed by atoms with Crippen LogP contribution >= 0.6 is 0 Å². The van der Waals surface area contributed by atoms with Gasteiger partial charge in [0.2, 0.25) is 15.9 Å². The highest BCUT2D eigenvalue weighted by Gasteiger charge is 2.31. The van der Waals surface area contributed by atoms with Gasteiger partial charge in [0.15, 0.2) is 0 Å². The van der Waals surface area contributed by atoms with Gasteiger partial charge in [-0.3, -0.25) is 13.9 Å². The normalized spacial score (nSPS) is 12.1. The minimum atomic E-state index is -3.73. The molecule has 0 spiro atoms. The zero-order chi connectivity index (χ0) is 22.1. The van der Waals surface area contributed by atoms with Crippen LogP contribution in [0, 0.1) is 0 Å². The molecular formula is C21H27N3O5S. The van der Waals surface area contributed by atoms with E-state index in [1.165, 1.54) is 7.11 Å². The molecule has 9 heteroatoms. The largest absolute Gasteiger partial charge is 0.383 e. The van der Waals surface area contributed by atoms with Crippen LogP contribution in [-0.4, -0.2) is 52.8 Å². The van der Waals surface area contributed by atoms with E-state index in [1.807, 2.05) is 0 Å². The molecule has 2 N–H and O–H groups in total. The number of ether oxygens (including phenoxy) is 1. The maximum atomic E-state index is 13.1. The maximum absolute atomic E-state index is 13.1. The van der Waals surface area contributed by atoms with Crippen LogP contribution in [0.5, 0.6) is 0 Å². The molecule has 1 unspecified atom stereocenters. The number of hydrogen-bond donors (Lipinski definition) is 2. The monoisotopic (exact) mass is 433 g/mol. The van der Waals surface area contributed by atoms with E-state index in [-0.39, 0.29) is 17.9 Å². The molecule has 0 aromatic heterocycles. The Bertz CT molecular complexity index is 964. The first-order chi connectivity index (χ1) is 14.3. The Labute approximate surface area is 177 Å². The van der Waals surface area contributed by atoms with Gasteiger partial charge in [-0.25, -0.2) is 8.42 Å². The Morgan fingerprint density at radius 3 is 2.30 bits per heavy atom. The van der Waals surface area contributed by atoms with Crippen molar-refractivity contribution in [3.63, 3.8) is 0 Å². The molecule has 162 valence electrons. The highest BCUT2D eigenvalue weighted by Crippen LogP contribution is 2.23. The number of nitrogens with zero attached hydrogens (tertiary/aromatic N) is 1. The van der Waals surface area contributed by atoms with Crippen molar-refractivity contribution in [3.8, 4) is 0 Å². The van der Waals surface area contributed by atoms with Crippen molar-refractivity contribution in [2.45, 2.75) is 19.4 Å². The van der Waals surface area contributed by atoms with Gasteiger partial charge in [0.05, 0.1) is 29.8 Å². The van der Waals surface area contributed by atoms with Crippen LogP contribution in [0.3, 0.4) is 0 Å². The van der Waals surface area contributed by atoms with Crippen LogP contribution in [0.25, 0.3) is 0 Å². The summed E-state index contributed by atoms with van der Waals surface area (Å²) >= 11 is 0. The van der Waals surface area contributed by atoms with Crippen molar-refractivity contribution >= 4 is 33.2 Å². The van der Waals surface area contributed by atoms with Gasteiger partial charge >= 0.3 is 0 Å². The summed E-state index contributed by atoms with van der Waals surface area (Å²) in [5, 5.41) is 5.43. The molecule has 2 aromatic rings. The topological polar surface area (TPSA) is 105 Å². The highest BCUT2D eigenvalue weighted by atomic mass is 32.2. The molecule has 30 heavy (non-hydrogen) atoms. The van der Waals surface area contributed by atoms with Crippen molar-refractivity contribution in [1.82, 2.24) is 5.32 Å². The van der Waals surface area contributed by atoms with Gasteiger partial charge in [-0.15, -0.1) is 0 Å². The van der Waals surface area contributed by atoms with E-state index in [0.29, 0.717) is 24.5 Å². The standard InChI is InChI=1S/C21H27N3O5S/c1-4-19(24(30(3,27)28)16-10-6-5-7-11-16)21(26)23-18-13-9-8-12-17(18)20(25)22-14-15-29-2/h5-13,19H,4,14-15H2,1-3H3,(H,22,25)(H,23,26). The molecule has 0 aliphatic heterocycles. The molecule has 2 aromatic carbocycles. The van der Waals surface area contributed by atoms with Crippen LogP contribution in [0.2, 0.25) is 0 Å². The van der Waals surface area contributed by atoms with E-state index in [2.05, 4.69) is 10.6 Å². The second kappa shape index (κ2) is 10.7.